The van der Waals surface area contributed by atoms with E-state index in [2.05, 4.69) is 6.92 Å². The van der Waals surface area contributed by atoms with Gasteiger partial charge in [0.25, 0.3) is 0 Å². The van der Waals surface area contributed by atoms with Gasteiger partial charge < -0.3 is 9.47 Å². The first-order valence-corrected chi connectivity index (χ1v) is 9.17. The van der Waals surface area contributed by atoms with Gasteiger partial charge in [-0.25, -0.2) is 0 Å². The molecule has 0 aliphatic heterocycles. The summed E-state index contributed by atoms with van der Waals surface area (Å²) in [5.74, 6) is 0.0365. The van der Waals surface area contributed by atoms with E-state index in [1.165, 1.54) is 32.1 Å². The predicted molar refractivity (Wildman–Crippen MR) is 95.2 cm³/mol. The quantitative estimate of drug-likeness (QED) is 0.290. The highest BCUT2D eigenvalue weighted by atomic mass is 16.6. The average Bonchev–Trinajstić information content (AvgIpc) is 2.56. The summed E-state index contributed by atoms with van der Waals surface area (Å²) < 4.78 is 10.6. The minimum Gasteiger partial charge on any atom is -0.423 e. The maximum Gasteiger partial charge on any atom is 0.311 e. The first-order chi connectivity index (χ1) is 11.7. The summed E-state index contributed by atoms with van der Waals surface area (Å²) in [5, 5.41) is 0. The fraction of sp³-hybridized carbons (Fsp3) is 0.600. The van der Waals surface area contributed by atoms with Crippen LogP contribution in [0.5, 0.6) is 11.5 Å². The first-order valence-electron chi connectivity index (χ1n) is 9.17. The van der Waals surface area contributed by atoms with Crippen LogP contribution in [-0.4, -0.2) is 11.9 Å². The molecule has 0 amide bonds. The van der Waals surface area contributed by atoms with Gasteiger partial charge in [0.15, 0.2) is 11.5 Å². The van der Waals surface area contributed by atoms with Crippen LogP contribution < -0.4 is 9.47 Å². The van der Waals surface area contributed by atoms with Crippen LogP contribution in [0.2, 0.25) is 0 Å². The highest BCUT2D eigenvalue weighted by Crippen LogP contribution is 2.27. The molecule has 1 rings (SSSR count). The third kappa shape index (κ3) is 8.70. The molecule has 4 heteroatoms. The van der Waals surface area contributed by atoms with Gasteiger partial charge in [-0.2, -0.15) is 0 Å². The number of carbonyl (C=O) groups is 2. The van der Waals surface area contributed by atoms with E-state index in [1.807, 2.05) is 6.92 Å². The Kier molecular flexibility index (Phi) is 10.6. The standard InChI is InChI=1S/C20H30O4/c1-3-5-6-7-8-9-10-16-20(22)24-18-15-12-11-14-17(18)23-19(21)13-4-2/h11-12,14-15H,3-10,13,16H2,1-2H3. The number of hydrogen-bond donors (Lipinski definition) is 0. The topological polar surface area (TPSA) is 52.6 Å². The summed E-state index contributed by atoms with van der Waals surface area (Å²) in [6.07, 6.45) is 9.55. The summed E-state index contributed by atoms with van der Waals surface area (Å²) in [5.41, 5.74) is 0. The molecular formula is C20H30O4. The van der Waals surface area contributed by atoms with Gasteiger partial charge in [0.05, 0.1) is 0 Å². The molecule has 0 radical (unpaired) electrons. The van der Waals surface area contributed by atoms with E-state index >= 15 is 0 Å². The number of ether oxygens (including phenoxy) is 2. The summed E-state index contributed by atoms with van der Waals surface area (Å²) in [6, 6.07) is 6.80. The molecule has 1 aromatic carbocycles. The molecule has 0 atom stereocenters. The molecule has 0 saturated heterocycles. The fourth-order valence-corrected chi connectivity index (χ4v) is 2.40. The van der Waals surface area contributed by atoms with Crippen LogP contribution in [0.4, 0.5) is 0 Å². The lowest BCUT2D eigenvalue weighted by molar-refractivity contribution is -0.137. The summed E-state index contributed by atoms with van der Waals surface area (Å²) in [7, 11) is 0. The van der Waals surface area contributed by atoms with E-state index in [1.54, 1.807) is 24.3 Å². The summed E-state index contributed by atoms with van der Waals surface area (Å²) >= 11 is 0. The van der Waals surface area contributed by atoms with Crippen molar-refractivity contribution in [2.24, 2.45) is 0 Å². The smallest absolute Gasteiger partial charge is 0.311 e. The lowest BCUT2D eigenvalue weighted by Crippen LogP contribution is -2.11. The number of rotatable bonds is 12. The zero-order chi connectivity index (χ0) is 17.6. The van der Waals surface area contributed by atoms with E-state index < -0.39 is 0 Å². The van der Waals surface area contributed by atoms with Crippen molar-refractivity contribution >= 4 is 11.9 Å². The number of unbranched alkanes of at least 4 members (excludes halogenated alkanes) is 6. The van der Waals surface area contributed by atoms with Crippen molar-refractivity contribution in [2.45, 2.75) is 78.1 Å². The molecule has 0 spiro atoms. The monoisotopic (exact) mass is 334 g/mol. The van der Waals surface area contributed by atoms with Crippen LogP contribution in [0, 0.1) is 0 Å². The van der Waals surface area contributed by atoms with Crippen molar-refractivity contribution in [2.75, 3.05) is 0 Å². The van der Waals surface area contributed by atoms with Crippen LogP contribution in [0.3, 0.4) is 0 Å². The molecule has 0 bridgehead atoms. The first kappa shape index (κ1) is 20.2. The van der Waals surface area contributed by atoms with Gasteiger partial charge in [-0.05, 0) is 25.0 Å². The van der Waals surface area contributed by atoms with E-state index in [0.29, 0.717) is 24.3 Å². The fourth-order valence-electron chi connectivity index (χ4n) is 2.40. The van der Waals surface area contributed by atoms with Crippen LogP contribution in [-0.2, 0) is 9.59 Å². The highest BCUT2D eigenvalue weighted by Gasteiger charge is 2.12. The normalized spacial score (nSPS) is 10.4. The van der Waals surface area contributed by atoms with E-state index in [0.717, 1.165) is 19.3 Å². The van der Waals surface area contributed by atoms with Crippen molar-refractivity contribution < 1.29 is 19.1 Å². The zero-order valence-electron chi connectivity index (χ0n) is 15.0. The molecule has 0 N–H and O–H groups in total. The Morgan fingerprint density at radius 3 is 1.75 bits per heavy atom. The molecule has 0 aliphatic carbocycles. The van der Waals surface area contributed by atoms with Gasteiger partial charge >= 0.3 is 11.9 Å². The van der Waals surface area contributed by atoms with E-state index in [4.69, 9.17) is 9.47 Å². The maximum atomic E-state index is 11.9. The molecule has 0 fully saturated rings. The van der Waals surface area contributed by atoms with E-state index in [9.17, 15) is 9.59 Å². The van der Waals surface area contributed by atoms with Gasteiger partial charge in [-0.15, -0.1) is 0 Å². The Hall–Kier alpha value is -1.84. The molecular weight excluding hydrogens is 304 g/mol. The Morgan fingerprint density at radius 1 is 0.708 bits per heavy atom. The van der Waals surface area contributed by atoms with Crippen molar-refractivity contribution in [1.82, 2.24) is 0 Å². The number of para-hydroxylation sites is 2. The Labute approximate surface area is 145 Å². The van der Waals surface area contributed by atoms with Crippen molar-refractivity contribution in [1.29, 1.82) is 0 Å². The molecule has 0 aliphatic rings. The number of carbonyl (C=O) groups excluding carboxylic acids is 2. The molecule has 0 heterocycles. The lowest BCUT2D eigenvalue weighted by atomic mass is 10.1. The third-order valence-corrected chi connectivity index (χ3v) is 3.74. The van der Waals surface area contributed by atoms with Gasteiger partial charge in [0, 0.05) is 12.8 Å². The van der Waals surface area contributed by atoms with Crippen molar-refractivity contribution in [3.8, 4) is 11.5 Å². The second-order valence-corrected chi connectivity index (χ2v) is 6.02. The minimum absolute atomic E-state index is 0.275. The molecule has 0 unspecified atom stereocenters. The predicted octanol–water partition coefficient (Wildman–Crippen LogP) is 5.44. The number of hydrogen-bond acceptors (Lipinski definition) is 4. The van der Waals surface area contributed by atoms with Crippen LogP contribution in [0.15, 0.2) is 24.3 Å². The van der Waals surface area contributed by atoms with Crippen molar-refractivity contribution in [3.63, 3.8) is 0 Å². The summed E-state index contributed by atoms with van der Waals surface area (Å²) in [4.78, 5) is 23.6. The Bertz CT molecular complexity index is 496. The molecule has 134 valence electrons. The number of esters is 2. The molecule has 24 heavy (non-hydrogen) atoms. The van der Waals surface area contributed by atoms with Crippen LogP contribution >= 0.6 is 0 Å². The summed E-state index contributed by atoms with van der Waals surface area (Å²) in [6.45, 7) is 4.11. The van der Waals surface area contributed by atoms with Crippen LogP contribution in [0.1, 0.15) is 78.1 Å². The van der Waals surface area contributed by atoms with Gasteiger partial charge in [-0.1, -0.05) is 64.5 Å². The average molecular weight is 334 g/mol. The number of benzene rings is 1. The second-order valence-electron chi connectivity index (χ2n) is 6.02. The Balaban J connectivity index is 2.34. The van der Waals surface area contributed by atoms with Gasteiger partial charge in [0.2, 0.25) is 0 Å². The van der Waals surface area contributed by atoms with Crippen LogP contribution in [0.25, 0.3) is 0 Å². The zero-order valence-corrected chi connectivity index (χ0v) is 15.0. The highest BCUT2D eigenvalue weighted by molar-refractivity contribution is 5.76. The second kappa shape index (κ2) is 12.6. The van der Waals surface area contributed by atoms with Gasteiger partial charge in [0.1, 0.15) is 0 Å². The molecule has 0 aromatic heterocycles. The Morgan fingerprint density at radius 2 is 1.21 bits per heavy atom. The van der Waals surface area contributed by atoms with E-state index in [-0.39, 0.29) is 11.9 Å². The third-order valence-electron chi connectivity index (χ3n) is 3.74. The molecule has 1 aromatic rings. The lowest BCUT2D eigenvalue weighted by Gasteiger charge is -2.10. The van der Waals surface area contributed by atoms with Gasteiger partial charge in [-0.3, -0.25) is 9.59 Å². The minimum atomic E-state index is -0.312. The largest absolute Gasteiger partial charge is 0.423 e. The molecule has 0 saturated carbocycles. The van der Waals surface area contributed by atoms with Crippen molar-refractivity contribution in [3.05, 3.63) is 24.3 Å². The maximum absolute atomic E-state index is 11.9. The molecule has 4 nitrogen and oxygen atoms in total. The SMILES string of the molecule is CCCCCCCCCC(=O)Oc1ccccc1OC(=O)CCC.